The van der Waals surface area contributed by atoms with Crippen molar-refractivity contribution in [1.29, 1.82) is 0 Å². The van der Waals surface area contributed by atoms with E-state index in [2.05, 4.69) is 5.10 Å². The van der Waals surface area contributed by atoms with Gasteiger partial charge in [0.25, 0.3) is 5.91 Å². The summed E-state index contributed by atoms with van der Waals surface area (Å²) in [7, 11) is 0. The summed E-state index contributed by atoms with van der Waals surface area (Å²) in [5, 5.41) is 4.41. The van der Waals surface area contributed by atoms with Crippen molar-refractivity contribution in [3.05, 3.63) is 48.3 Å². The summed E-state index contributed by atoms with van der Waals surface area (Å²) < 4.78 is 6.67. The topological polar surface area (TPSA) is 67.7 Å². The van der Waals surface area contributed by atoms with E-state index in [4.69, 9.17) is 4.74 Å². The van der Waals surface area contributed by atoms with Crippen LogP contribution in [0.15, 0.2) is 42.6 Å². The van der Waals surface area contributed by atoms with E-state index < -0.39 is 0 Å². The first kappa shape index (κ1) is 15.7. The van der Waals surface area contributed by atoms with Gasteiger partial charge in [-0.05, 0) is 30.5 Å². The van der Waals surface area contributed by atoms with Crippen molar-refractivity contribution < 1.29 is 14.3 Å². The summed E-state index contributed by atoms with van der Waals surface area (Å²) in [4.78, 5) is 27.8. The van der Waals surface area contributed by atoms with Crippen LogP contribution in [0, 0.1) is 5.92 Å². The van der Waals surface area contributed by atoms with Gasteiger partial charge in [0.05, 0.1) is 12.2 Å². The van der Waals surface area contributed by atoms with Gasteiger partial charge in [-0.3, -0.25) is 4.79 Å². The van der Waals surface area contributed by atoms with Gasteiger partial charge in [-0.25, -0.2) is 9.48 Å². The van der Waals surface area contributed by atoms with Gasteiger partial charge in [-0.2, -0.15) is 5.10 Å². The summed E-state index contributed by atoms with van der Waals surface area (Å²) in [6, 6.07) is 11.5. The number of cyclic esters (lactones) is 1. The first-order valence-electron chi connectivity index (χ1n) is 8.53. The van der Waals surface area contributed by atoms with Gasteiger partial charge in [-0.15, -0.1) is 0 Å². The first-order valence-corrected chi connectivity index (χ1v) is 8.53. The molecular formula is C18H20N4O3. The van der Waals surface area contributed by atoms with Crippen molar-refractivity contribution >= 4 is 12.0 Å². The lowest BCUT2D eigenvalue weighted by Crippen LogP contribution is -2.33. The maximum absolute atomic E-state index is 12.7. The van der Waals surface area contributed by atoms with Crippen molar-refractivity contribution in [2.45, 2.75) is 6.42 Å². The van der Waals surface area contributed by atoms with Crippen molar-refractivity contribution in [2.75, 3.05) is 32.8 Å². The highest BCUT2D eigenvalue weighted by molar-refractivity contribution is 5.92. The quantitative estimate of drug-likeness (QED) is 0.851. The van der Waals surface area contributed by atoms with E-state index in [1.807, 2.05) is 35.2 Å². The predicted octanol–water partition coefficient (Wildman–Crippen LogP) is 1.79. The van der Waals surface area contributed by atoms with Gasteiger partial charge in [0, 0.05) is 25.8 Å². The average molecular weight is 340 g/mol. The molecule has 2 aromatic rings. The molecule has 2 aliphatic heterocycles. The van der Waals surface area contributed by atoms with Crippen LogP contribution in [-0.2, 0) is 4.74 Å². The third-order valence-electron chi connectivity index (χ3n) is 4.73. The van der Waals surface area contributed by atoms with Crippen LogP contribution in [0.3, 0.4) is 0 Å². The number of nitrogens with zero attached hydrogens (tertiary/aromatic N) is 4. The smallest absolute Gasteiger partial charge is 0.409 e. The number of aromatic nitrogens is 2. The summed E-state index contributed by atoms with van der Waals surface area (Å²) in [5.41, 5.74) is 1.37. The minimum atomic E-state index is -0.244. The van der Waals surface area contributed by atoms with Crippen LogP contribution in [-0.4, -0.2) is 64.4 Å². The van der Waals surface area contributed by atoms with Gasteiger partial charge in [0.1, 0.15) is 6.61 Å². The minimum Gasteiger partial charge on any atom is -0.448 e. The number of para-hydroxylation sites is 1. The summed E-state index contributed by atoms with van der Waals surface area (Å²) in [6.45, 7) is 3.11. The average Bonchev–Trinajstić information content (AvgIpc) is 3.38. The molecule has 0 bridgehead atoms. The largest absolute Gasteiger partial charge is 0.448 e. The molecule has 130 valence electrons. The molecule has 2 fully saturated rings. The number of amides is 2. The second kappa shape index (κ2) is 6.58. The molecule has 2 aliphatic rings. The number of carbonyl (C=O) groups is 2. The SMILES string of the molecule is O=C1OCCN1CC1CCN(C(=O)c2ccn(-c3ccccc3)n2)C1. The Kier molecular flexibility index (Phi) is 4.13. The van der Waals surface area contributed by atoms with Gasteiger partial charge in [-0.1, -0.05) is 18.2 Å². The molecule has 7 nitrogen and oxygen atoms in total. The van der Waals surface area contributed by atoms with E-state index in [1.54, 1.807) is 21.8 Å². The molecule has 1 aromatic carbocycles. The van der Waals surface area contributed by atoms with Crippen molar-refractivity contribution in [1.82, 2.24) is 19.6 Å². The Morgan fingerprint density at radius 2 is 2.04 bits per heavy atom. The molecule has 7 heteroatoms. The Labute approximate surface area is 145 Å². The van der Waals surface area contributed by atoms with Crippen molar-refractivity contribution in [3.8, 4) is 5.69 Å². The second-order valence-electron chi connectivity index (χ2n) is 6.45. The van der Waals surface area contributed by atoms with Gasteiger partial charge in [0.15, 0.2) is 5.69 Å². The fourth-order valence-corrected chi connectivity index (χ4v) is 3.39. The molecule has 1 aromatic heterocycles. The molecule has 1 unspecified atom stereocenters. The fraction of sp³-hybridized carbons (Fsp3) is 0.389. The number of likely N-dealkylation sites (tertiary alicyclic amines) is 1. The maximum atomic E-state index is 12.7. The van der Waals surface area contributed by atoms with Crippen molar-refractivity contribution in [3.63, 3.8) is 0 Å². The van der Waals surface area contributed by atoms with Gasteiger partial charge < -0.3 is 14.5 Å². The zero-order valence-corrected chi connectivity index (χ0v) is 13.9. The first-order chi connectivity index (χ1) is 12.2. The molecule has 25 heavy (non-hydrogen) atoms. The number of carbonyl (C=O) groups excluding carboxylic acids is 2. The number of hydrogen-bond acceptors (Lipinski definition) is 4. The second-order valence-corrected chi connectivity index (χ2v) is 6.45. The minimum absolute atomic E-state index is 0.0545. The highest BCUT2D eigenvalue weighted by atomic mass is 16.6. The van der Waals surface area contributed by atoms with Gasteiger partial charge >= 0.3 is 6.09 Å². The van der Waals surface area contributed by atoms with E-state index in [-0.39, 0.29) is 12.0 Å². The molecule has 2 amide bonds. The molecule has 0 N–H and O–H groups in total. The molecule has 3 heterocycles. The number of ether oxygens (including phenoxy) is 1. The van der Waals surface area contributed by atoms with Crippen LogP contribution in [0.5, 0.6) is 0 Å². The highest BCUT2D eigenvalue weighted by Gasteiger charge is 2.32. The van der Waals surface area contributed by atoms with Crippen LogP contribution in [0.1, 0.15) is 16.9 Å². The maximum Gasteiger partial charge on any atom is 0.409 e. The van der Waals surface area contributed by atoms with Gasteiger partial charge in [0.2, 0.25) is 0 Å². The monoisotopic (exact) mass is 340 g/mol. The third kappa shape index (κ3) is 3.22. The molecule has 1 atom stereocenters. The molecule has 2 saturated heterocycles. The molecule has 0 radical (unpaired) electrons. The van der Waals surface area contributed by atoms with Crippen LogP contribution in [0.4, 0.5) is 4.79 Å². The van der Waals surface area contributed by atoms with Crippen LogP contribution in [0.2, 0.25) is 0 Å². The summed E-state index contributed by atoms with van der Waals surface area (Å²) >= 11 is 0. The normalized spacial score (nSPS) is 20.2. The molecule has 0 saturated carbocycles. The van der Waals surface area contributed by atoms with E-state index >= 15 is 0 Å². The Balaban J connectivity index is 1.39. The number of hydrogen-bond donors (Lipinski definition) is 0. The molecular weight excluding hydrogens is 320 g/mol. The lowest BCUT2D eigenvalue weighted by atomic mass is 10.1. The fourth-order valence-electron chi connectivity index (χ4n) is 3.39. The zero-order valence-electron chi connectivity index (χ0n) is 13.9. The lowest BCUT2D eigenvalue weighted by Gasteiger charge is -2.18. The molecule has 0 aliphatic carbocycles. The number of benzene rings is 1. The predicted molar refractivity (Wildman–Crippen MR) is 90.5 cm³/mol. The van der Waals surface area contributed by atoms with Crippen LogP contribution < -0.4 is 0 Å². The van der Waals surface area contributed by atoms with E-state index in [0.29, 0.717) is 44.4 Å². The van der Waals surface area contributed by atoms with Crippen LogP contribution >= 0.6 is 0 Å². The highest BCUT2D eigenvalue weighted by Crippen LogP contribution is 2.21. The van der Waals surface area contributed by atoms with Crippen molar-refractivity contribution in [2.24, 2.45) is 5.92 Å². The summed E-state index contributed by atoms with van der Waals surface area (Å²) in [6.07, 6.45) is 2.46. The van der Waals surface area contributed by atoms with E-state index in [0.717, 1.165) is 12.1 Å². The Hall–Kier alpha value is -2.83. The number of rotatable bonds is 4. The Morgan fingerprint density at radius 3 is 2.80 bits per heavy atom. The van der Waals surface area contributed by atoms with E-state index in [9.17, 15) is 9.59 Å². The molecule has 4 rings (SSSR count). The van der Waals surface area contributed by atoms with Crippen LogP contribution in [0.25, 0.3) is 5.69 Å². The standard InChI is InChI=1S/C18H20N4O3/c23-17(16-7-9-22(19-16)15-4-2-1-3-5-15)20-8-6-14(12-20)13-21-10-11-25-18(21)24/h1-5,7,9,14H,6,8,10-13H2. The zero-order chi connectivity index (χ0) is 17.2. The Bertz CT molecular complexity index is 774. The summed E-state index contributed by atoms with van der Waals surface area (Å²) in [5.74, 6) is 0.243. The molecule has 0 spiro atoms. The third-order valence-corrected chi connectivity index (χ3v) is 4.73. The van der Waals surface area contributed by atoms with E-state index in [1.165, 1.54) is 0 Å². The Morgan fingerprint density at radius 1 is 1.20 bits per heavy atom. The lowest BCUT2D eigenvalue weighted by molar-refractivity contribution is 0.0779.